The third-order valence-electron chi connectivity index (χ3n) is 2.62. The highest BCUT2D eigenvalue weighted by Gasteiger charge is 2.22. The Morgan fingerprint density at radius 3 is 2.23 bits per heavy atom. The van der Waals surface area contributed by atoms with Crippen LogP contribution in [-0.4, -0.2) is 11.7 Å². The third-order valence-corrected chi connectivity index (χ3v) is 2.62. The van der Waals surface area contributed by atoms with E-state index >= 15 is 0 Å². The van der Waals surface area contributed by atoms with Gasteiger partial charge in [-0.05, 0) is 37.5 Å². The van der Waals surface area contributed by atoms with Crippen LogP contribution in [0.1, 0.15) is 47.0 Å². The van der Waals surface area contributed by atoms with Crippen molar-refractivity contribution in [1.82, 2.24) is 0 Å². The van der Waals surface area contributed by atoms with E-state index in [1.54, 1.807) is 0 Å². The summed E-state index contributed by atoms with van der Waals surface area (Å²) in [6.07, 6.45) is 7.56. The van der Waals surface area contributed by atoms with Crippen molar-refractivity contribution in [2.75, 3.05) is 6.61 Å². The lowest BCUT2D eigenvalue weighted by Gasteiger charge is -2.30. The van der Waals surface area contributed by atoms with Crippen molar-refractivity contribution >= 4 is 0 Å². The van der Waals surface area contributed by atoms with Gasteiger partial charge in [-0.3, -0.25) is 0 Å². The molecule has 0 aromatic rings. The lowest BCUT2D eigenvalue weighted by molar-refractivity contribution is 0.166. The Morgan fingerprint density at radius 1 is 1.23 bits per heavy atom. The van der Waals surface area contributed by atoms with Gasteiger partial charge >= 0.3 is 0 Å². The maximum atomic E-state index is 8.94. The predicted octanol–water partition coefficient (Wildman–Crippen LogP) is 3.39. The first-order chi connectivity index (χ1) is 6.02. The molecular formula is C12H24O. The molecule has 78 valence electrons. The van der Waals surface area contributed by atoms with Gasteiger partial charge < -0.3 is 5.11 Å². The van der Waals surface area contributed by atoms with Crippen molar-refractivity contribution in [1.29, 1.82) is 0 Å². The maximum Gasteiger partial charge on any atom is 0.0433 e. The first-order valence-corrected chi connectivity index (χ1v) is 5.24. The Bertz CT molecular complexity index is 142. The lowest BCUT2D eigenvalue weighted by Crippen LogP contribution is -2.21. The summed E-state index contributed by atoms with van der Waals surface area (Å²) in [5, 5.41) is 8.94. The van der Waals surface area contributed by atoms with E-state index in [1.807, 2.05) is 0 Å². The van der Waals surface area contributed by atoms with E-state index in [-0.39, 0.29) is 0 Å². The molecule has 0 saturated carbocycles. The van der Waals surface area contributed by atoms with E-state index in [0.717, 1.165) is 12.8 Å². The van der Waals surface area contributed by atoms with Crippen LogP contribution in [0.15, 0.2) is 12.2 Å². The van der Waals surface area contributed by atoms with Crippen molar-refractivity contribution in [3.05, 3.63) is 12.2 Å². The van der Waals surface area contributed by atoms with Crippen LogP contribution in [0.3, 0.4) is 0 Å². The van der Waals surface area contributed by atoms with E-state index in [0.29, 0.717) is 17.9 Å². The summed E-state index contributed by atoms with van der Waals surface area (Å²) in [5.41, 5.74) is 0.324. The van der Waals surface area contributed by atoms with E-state index in [2.05, 4.69) is 39.8 Å². The number of rotatable bonds is 5. The van der Waals surface area contributed by atoms with Crippen LogP contribution < -0.4 is 0 Å². The SMILES string of the molecule is CC=CCCC(CCO)C(C)(C)C. The number of hydrogen-bond donors (Lipinski definition) is 1. The number of hydrogen-bond acceptors (Lipinski definition) is 1. The number of aliphatic hydroxyl groups excluding tert-OH is 1. The van der Waals surface area contributed by atoms with Crippen molar-refractivity contribution in [3.63, 3.8) is 0 Å². The van der Waals surface area contributed by atoms with Gasteiger partial charge in [-0.2, -0.15) is 0 Å². The fourth-order valence-electron chi connectivity index (χ4n) is 1.63. The Labute approximate surface area is 82.9 Å². The molecule has 0 fully saturated rings. The Balaban J connectivity index is 3.95. The predicted molar refractivity (Wildman–Crippen MR) is 58.7 cm³/mol. The van der Waals surface area contributed by atoms with E-state index in [9.17, 15) is 0 Å². The summed E-state index contributed by atoms with van der Waals surface area (Å²) in [7, 11) is 0. The Kier molecular flexibility index (Phi) is 6.06. The molecule has 1 unspecified atom stereocenters. The van der Waals surface area contributed by atoms with Gasteiger partial charge in [0.25, 0.3) is 0 Å². The van der Waals surface area contributed by atoms with Gasteiger partial charge in [0, 0.05) is 6.61 Å². The highest BCUT2D eigenvalue weighted by molar-refractivity contribution is 4.81. The molecule has 0 saturated heterocycles. The summed E-state index contributed by atoms with van der Waals surface area (Å²) in [6.45, 7) is 9.13. The molecule has 0 rings (SSSR count). The molecule has 0 amide bonds. The molecule has 13 heavy (non-hydrogen) atoms. The molecule has 0 bridgehead atoms. The summed E-state index contributed by atoms with van der Waals surface area (Å²) in [5.74, 6) is 0.633. The van der Waals surface area contributed by atoms with Crippen LogP contribution in [0.2, 0.25) is 0 Å². The molecule has 0 aliphatic heterocycles. The molecule has 0 aromatic heterocycles. The van der Waals surface area contributed by atoms with Crippen LogP contribution >= 0.6 is 0 Å². The molecule has 0 spiro atoms. The topological polar surface area (TPSA) is 20.2 Å². The van der Waals surface area contributed by atoms with E-state index in [4.69, 9.17) is 5.11 Å². The van der Waals surface area contributed by atoms with Crippen LogP contribution in [-0.2, 0) is 0 Å². The molecule has 0 aliphatic rings. The highest BCUT2D eigenvalue weighted by atomic mass is 16.3. The number of aliphatic hydroxyl groups is 1. The molecule has 1 N–H and O–H groups in total. The van der Waals surface area contributed by atoms with Crippen LogP contribution in [0.4, 0.5) is 0 Å². The standard InChI is InChI=1S/C12H24O/c1-5-6-7-8-11(9-10-13)12(2,3)4/h5-6,11,13H,7-10H2,1-4H3. The minimum absolute atomic E-state index is 0.317. The minimum atomic E-state index is 0.317. The first kappa shape index (κ1) is 12.7. The largest absolute Gasteiger partial charge is 0.396 e. The number of allylic oxidation sites excluding steroid dienone is 2. The molecule has 0 radical (unpaired) electrons. The Morgan fingerprint density at radius 2 is 1.85 bits per heavy atom. The van der Waals surface area contributed by atoms with Gasteiger partial charge in [-0.15, -0.1) is 0 Å². The molecular weight excluding hydrogens is 160 g/mol. The van der Waals surface area contributed by atoms with Gasteiger partial charge in [-0.25, -0.2) is 0 Å². The second-order valence-corrected chi connectivity index (χ2v) is 4.72. The average molecular weight is 184 g/mol. The highest BCUT2D eigenvalue weighted by Crippen LogP contribution is 2.32. The zero-order valence-corrected chi connectivity index (χ0v) is 9.51. The second-order valence-electron chi connectivity index (χ2n) is 4.72. The van der Waals surface area contributed by atoms with Gasteiger partial charge in [0.1, 0.15) is 0 Å². The van der Waals surface area contributed by atoms with Crippen molar-refractivity contribution < 1.29 is 5.11 Å². The second kappa shape index (κ2) is 6.20. The lowest BCUT2D eigenvalue weighted by atomic mass is 9.76. The summed E-state index contributed by atoms with van der Waals surface area (Å²) in [6, 6.07) is 0. The van der Waals surface area contributed by atoms with Crippen LogP contribution in [0.5, 0.6) is 0 Å². The molecule has 1 nitrogen and oxygen atoms in total. The Hall–Kier alpha value is -0.300. The summed E-state index contributed by atoms with van der Waals surface area (Å²) >= 11 is 0. The molecule has 0 aliphatic carbocycles. The summed E-state index contributed by atoms with van der Waals surface area (Å²) < 4.78 is 0. The monoisotopic (exact) mass is 184 g/mol. The van der Waals surface area contributed by atoms with Crippen molar-refractivity contribution in [2.45, 2.75) is 47.0 Å². The smallest absolute Gasteiger partial charge is 0.0433 e. The molecule has 1 atom stereocenters. The van der Waals surface area contributed by atoms with Gasteiger partial charge in [-0.1, -0.05) is 32.9 Å². The van der Waals surface area contributed by atoms with Crippen molar-refractivity contribution in [3.8, 4) is 0 Å². The molecule has 1 heteroatoms. The van der Waals surface area contributed by atoms with E-state index in [1.165, 1.54) is 6.42 Å². The quantitative estimate of drug-likeness (QED) is 0.649. The molecule has 0 aromatic carbocycles. The zero-order chi connectivity index (χ0) is 10.3. The van der Waals surface area contributed by atoms with Crippen molar-refractivity contribution in [2.24, 2.45) is 11.3 Å². The fraction of sp³-hybridized carbons (Fsp3) is 0.833. The molecule has 0 heterocycles. The van der Waals surface area contributed by atoms with Crippen LogP contribution in [0.25, 0.3) is 0 Å². The normalized spacial score (nSPS) is 15.2. The van der Waals surface area contributed by atoms with Gasteiger partial charge in [0.15, 0.2) is 0 Å². The first-order valence-electron chi connectivity index (χ1n) is 5.24. The maximum absolute atomic E-state index is 8.94. The van der Waals surface area contributed by atoms with Crippen LogP contribution in [0, 0.1) is 11.3 Å². The van der Waals surface area contributed by atoms with Gasteiger partial charge in [0.05, 0.1) is 0 Å². The summed E-state index contributed by atoms with van der Waals surface area (Å²) in [4.78, 5) is 0. The average Bonchev–Trinajstić information content (AvgIpc) is 2.01. The van der Waals surface area contributed by atoms with Gasteiger partial charge in [0.2, 0.25) is 0 Å². The zero-order valence-electron chi connectivity index (χ0n) is 9.51. The fourth-order valence-corrected chi connectivity index (χ4v) is 1.63. The third kappa shape index (κ3) is 5.87. The van der Waals surface area contributed by atoms with E-state index < -0.39 is 0 Å². The minimum Gasteiger partial charge on any atom is -0.396 e.